The smallest absolute Gasteiger partial charge is 0.181 e. The molecule has 0 radical (unpaired) electrons. The predicted octanol–water partition coefficient (Wildman–Crippen LogP) is 1.06. The largest absolute Gasteiger partial charge is 0.476 e. The van der Waals surface area contributed by atoms with Crippen LogP contribution >= 0.6 is 0 Å². The van der Waals surface area contributed by atoms with Crippen molar-refractivity contribution in [1.82, 2.24) is 14.7 Å². The van der Waals surface area contributed by atoms with Gasteiger partial charge in [0.05, 0.1) is 0 Å². The van der Waals surface area contributed by atoms with Crippen LogP contribution in [0.25, 0.3) is 0 Å². The van der Waals surface area contributed by atoms with Gasteiger partial charge in [0.15, 0.2) is 5.88 Å². The lowest BCUT2D eigenvalue weighted by molar-refractivity contribution is 0.0210. The molecule has 4 heteroatoms. The van der Waals surface area contributed by atoms with Gasteiger partial charge in [0.25, 0.3) is 0 Å². The average Bonchev–Trinajstić information content (AvgIpc) is 2.28. The number of piperidine rings is 1. The van der Waals surface area contributed by atoms with Crippen LogP contribution in [0.2, 0.25) is 0 Å². The number of likely N-dealkylation sites (tertiary alicyclic amines) is 1. The quantitative estimate of drug-likeness (QED) is 0.647. The monoisotopic (exact) mass is 241 g/mol. The summed E-state index contributed by atoms with van der Waals surface area (Å²) in [6, 6.07) is 0. The highest BCUT2D eigenvalue weighted by atomic mass is 16.5. The van der Waals surface area contributed by atoms with Crippen molar-refractivity contribution >= 4 is 0 Å². The van der Waals surface area contributed by atoms with E-state index in [-0.39, 0.29) is 0 Å². The minimum Gasteiger partial charge on any atom is -0.476 e. The fourth-order valence-electron chi connectivity index (χ4n) is 1.86. The van der Waals surface area contributed by atoms with Crippen molar-refractivity contribution in [2.24, 2.45) is 0 Å². The van der Waals surface area contributed by atoms with Crippen molar-refractivity contribution in [1.29, 1.82) is 0 Å². The van der Waals surface area contributed by atoms with Gasteiger partial charge in [0.2, 0.25) is 0 Å². The van der Waals surface area contributed by atoms with Crippen LogP contribution in [0.3, 0.4) is 0 Å². The number of hydrogen-bond donors (Lipinski definition) is 0. The first-order chi connectivity index (χ1) is 7.99. The van der Waals surface area contributed by atoms with E-state index in [1.807, 2.05) is 7.05 Å². The van der Waals surface area contributed by atoms with E-state index in [4.69, 9.17) is 4.74 Å². The van der Waals surface area contributed by atoms with Crippen LogP contribution in [0.5, 0.6) is 0 Å². The van der Waals surface area contributed by atoms with Gasteiger partial charge in [-0.3, -0.25) is 0 Å². The molecule has 17 heavy (non-hydrogen) atoms. The third-order valence-corrected chi connectivity index (χ3v) is 3.28. The molecule has 0 unspecified atom stereocenters. The van der Waals surface area contributed by atoms with Crippen LogP contribution in [0.4, 0.5) is 0 Å². The molecule has 100 valence electrons. The molecule has 1 aliphatic heterocycles. The Balaban J connectivity index is 2.23. The van der Waals surface area contributed by atoms with Crippen molar-refractivity contribution in [3.05, 3.63) is 12.5 Å². The standard InChI is InChI=1S/C13H27N3O/c1-12(16(5)11-10-14(2)3)17-13-6-8-15(4)9-7-13/h13H,1,6-11H2,2-5H3. The number of rotatable bonds is 6. The van der Waals surface area contributed by atoms with Crippen molar-refractivity contribution in [3.8, 4) is 0 Å². The van der Waals surface area contributed by atoms with Gasteiger partial charge >= 0.3 is 0 Å². The first-order valence-corrected chi connectivity index (χ1v) is 6.39. The summed E-state index contributed by atoms with van der Waals surface area (Å²) >= 11 is 0. The van der Waals surface area contributed by atoms with Crippen molar-refractivity contribution in [2.75, 3.05) is 54.4 Å². The Morgan fingerprint density at radius 3 is 2.35 bits per heavy atom. The molecular weight excluding hydrogens is 214 g/mol. The van der Waals surface area contributed by atoms with Gasteiger partial charge < -0.3 is 19.4 Å². The lowest BCUT2D eigenvalue weighted by Gasteiger charge is -2.32. The van der Waals surface area contributed by atoms with Gasteiger partial charge in [-0.2, -0.15) is 0 Å². The second kappa shape index (κ2) is 6.87. The van der Waals surface area contributed by atoms with Gasteiger partial charge in [-0.1, -0.05) is 0 Å². The zero-order valence-corrected chi connectivity index (χ0v) is 11.8. The highest BCUT2D eigenvalue weighted by molar-refractivity contribution is 4.84. The van der Waals surface area contributed by atoms with Crippen LogP contribution < -0.4 is 0 Å². The van der Waals surface area contributed by atoms with Gasteiger partial charge in [-0.25, -0.2) is 0 Å². The molecule has 0 aromatic rings. The zero-order chi connectivity index (χ0) is 12.8. The second-order valence-corrected chi connectivity index (χ2v) is 5.24. The van der Waals surface area contributed by atoms with E-state index in [2.05, 4.69) is 42.4 Å². The molecule has 1 fully saturated rings. The lowest BCUT2D eigenvalue weighted by atomic mass is 10.1. The van der Waals surface area contributed by atoms with E-state index in [0.717, 1.165) is 44.9 Å². The minimum atomic E-state index is 0.348. The fourth-order valence-corrected chi connectivity index (χ4v) is 1.86. The van der Waals surface area contributed by atoms with E-state index in [0.29, 0.717) is 6.10 Å². The third-order valence-electron chi connectivity index (χ3n) is 3.28. The summed E-state index contributed by atoms with van der Waals surface area (Å²) in [6.45, 7) is 8.24. The average molecular weight is 241 g/mol. The highest BCUT2D eigenvalue weighted by Crippen LogP contribution is 2.16. The molecule has 0 N–H and O–H groups in total. The van der Waals surface area contributed by atoms with E-state index in [1.54, 1.807) is 0 Å². The molecule has 4 nitrogen and oxygen atoms in total. The maximum atomic E-state index is 5.92. The molecule has 0 saturated carbocycles. The van der Waals surface area contributed by atoms with E-state index in [9.17, 15) is 0 Å². The zero-order valence-electron chi connectivity index (χ0n) is 11.8. The molecule has 1 rings (SSSR count). The predicted molar refractivity (Wildman–Crippen MR) is 71.9 cm³/mol. The Bertz CT molecular complexity index is 235. The molecule has 0 atom stereocenters. The Labute approximate surface area is 106 Å². The Morgan fingerprint density at radius 1 is 1.24 bits per heavy atom. The molecule has 1 aliphatic rings. The summed E-state index contributed by atoms with van der Waals surface area (Å²) in [7, 11) is 8.36. The number of hydrogen-bond acceptors (Lipinski definition) is 4. The molecule has 0 amide bonds. The van der Waals surface area contributed by atoms with E-state index < -0.39 is 0 Å². The summed E-state index contributed by atoms with van der Waals surface area (Å²) in [5.41, 5.74) is 0. The van der Waals surface area contributed by atoms with Crippen molar-refractivity contribution in [3.63, 3.8) is 0 Å². The maximum absolute atomic E-state index is 5.92. The second-order valence-electron chi connectivity index (χ2n) is 5.24. The van der Waals surface area contributed by atoms with Crippen molar-refractivity contribution in [2.45, 2.75) is 18.9 Å². The Hall–Kier alpha value is -0.740. The van der Waals surface area contributed by atoms with Gasteiger partial charge in [-0.15, -0.1) is 0 Å². The first-order valence-electron chi connectivity index (χ1n) is 6.39. The van der Waals surface area contributed by atoms with Crippen LogP contribution in [0.15, 0.2) is 12.5 Å². The summed E-state index contributed by atoms with van der Waals surface area (Å²) in [4.78, 5) is 6.61. The number of ether oxygens (including phenoxy) is 1. The van der Waals surface area contributed by atoms with Crippen LogP contribution in [-0.2, 0) is 4.74 Å². The molecule has 1 heterocycles. The Morgan fingerprint density at radius 2 is 1.82 bits per heavy atom. The molecule has 0 aromatic carbocycles. The highest BCUT2D eigenvalue weighted by Gasteiger charge is 2.19. The molecule has 1 saturated heterocycles. The van der Waals surface area contributed by atoms with Crippen molar-refractivity contribution < 1.29 is 4.74 Å². The number of likely N-dealkylation sites (N-methyl/N-ethyl adjacent to an activating group) is 2. The van der Waals surface area contributed by atoms with Crippen LogP contribution in [0, 0.1) is 0 Å². The summed E-state index contributed by atoms with van der Waals surface area (Å²) in [6.07, 6.45) is 2.56. The molecule has 0 bridgehead atoms. The molecule has 0 aromatic heterocycles. The fraction of sp³-hybridized carbons (Fsp3) is 0.846. The summed E-state index contributed by atoms with van der Waals surface area (Å²) < 4.78 is 5.92. The Kier molecular flexibility index (Phi) is 5.78. The summed E-state index contributed by atoms with van der Waals surface area (Å²) in [5, 5.41) is 0. The third kappa shape index (κ3) is 5.41. The van der Waals surface area contributed by atoms with Gasteiger partial charge in [0.1, 0.15) is 6.10 Å². The maximum Gasteiger partial charge on any atom is 0.181 e. The van der Waals surface area contributed by atoms with E-state index >= 15 is 0 Å². The normalized spacial score (nSPS) is 18.4. The molecule has 0 aliphatic carbocycles. The lowest BCUT2D eigenvalue weighted by Crippen LogP contribution is -2.36. The van der Waals surface area contributed by atoms with Gasteiger partial charge in [0, 0.05) is 33.2 Å². The van der Waals surface area contributed by atoms with Crippen LogP contribution in [0.1, 0.15) is 12.8 Å². The van der Waals surface area contributed by atoms with E-state index in [1.165, 1.54) is 0 Å². The van der Waals surface area contributed by atoms with Crippen LogP contribution in [-0.4, -0.2) is 75.2 Å². The molecular formula is C13H27N3O. The first kappa shape index (κ1) is 14.3. The SMILES string of the molecule is C=C(OC1CCN(C)CC1)N(C)CCN(C)C. The topological polar surface area (TPSA) is 19.0 Å². The molecule has 0 spiro atoms. The number of nitrogens with zero attached hydrogens (tertiary/aromatic N) is 3. The van der Waals surface area contributed by atoms with Gasteiger partial charge in [-0.05, 0) is 40.6 Å². The minimum absolute atomic E-state index is 0.348. The summed E-state index contributed by atoms with van der Waals surface area (Å²) in [5.74, 6) is 0.807.